The van der Waals surface area contributed by atoms with Crippen LogP contribution in [0.5, 0.6) is 0 Å². The van der Waals surface area contributed by atoms with E-state index in [1.165, 1.54) is 11.3 Å². The quantitative estimate of drug-likeness (QED) is 0.880. The van der Waals surface area contributed by atoms with Crippen molar-refractivity contribution in [2.24, 2.45) is 5.73 Å². The zero-order valence-electron chi connectivity index (χ0n) is 8.37. The van der Waals surface area contributed by atoms with Gasteiger partial charge in [-0.15, -0.1) is 0 Å². The molecule has 1 aromatic carbocycles. The number of primary amides is 1. The molecule has 0 saturated carbocycles. The minimum Gasteiger partial charge on any atom is -0.370 e. The summed E-state index contributed by atoms with van der Waals surface area (Å²) < 4.78 is 0.950. The van der Waals surface area contributed by atoms with Crippen molar-refractivity contribution < 1.29 is 4.79 Å². The summed E-state index contributed by atoms with van der Waals surface area (Å²) >= 11 is 7.49. The van der Waals surface area contributed by atoms with Crippen LogP contribution in [0.2, 0.25) is 5.02 Å². The van der Waals surface area contributed by atoms with E-state index < -0.39 is 0 Å². The first-order valence-corrected chi connectivity index (χ1v) is 5.93. The van der Waals surface area contributed by atoms with Crippen LogP contribution in [0.3, 0.4) is 0 Å². The zero-order chi connectivity index (χ0) is 11.5. The Morgan fingerprint density at radius 2 is 2.38 bits per heavy atom. The van der Waals surface area contributed by atoms with Crippen molar-refractivity contribution in [3.8, 4) is 0 Å². The lowest BCUT2D eigenvalue weighted by Gasteiger charge is -1.97. The van der Waals surface area contributed by atoms with Gasteiger partial charge in [-0.05, 0) is 12.1 Å². The van der Waals surface area contributed by atoms with E-state index in [1.807, 2.05) is 18.2 Å². The molecule has 0 bridgehead atoms. The maximum Gasteiger partial charge on any atom is 0.219 e. The number of carbonyl (C=O) groups is 1. The highest BCUT2D eigenvalue weighted by atomic mass is 35.5. The van der Waals surface area contributed by atoms with Gasteiger partial charge >= 0.3 is 0 Å². The van der Waals surface area contributed by atoms with E-state index in [0.29, 0.717) is 18.0 Å². The van der Waals surface area contributed by atoms with E-state index in [1.54, 1.807) is 0 Å². The molecule has 0 atom stereocenters. The third-order valence-electron chi connectivity index (χ3n) is 2.01. The first-order valence-electron chi connectivity index (χ1n) is 4.74. The average Bonchev–Trinajstić information content (AvgIpc) is 2.61. The number of aromatic nitrogens is 1. The topological polar surface area (TPSA) is 68.0 Å². The fourth-order valence-corrected chi connectivity index (χ4v) is 2.46. The van der Waals surface area contributed by atoms with Crippen LogP contribution in [0.25, 0.3) is 10.2 Å². The number of amides is 1. The van der Waals surface area contributed by atoms with E-state index in [2.05, 4.69) is 10.3 Å². The molecule has 4 nitrogen and oxygen atoms in total. The Labute approximate surface area is 101 Å². The van der Waals surface area contributed by atoms with Gasteiger partial charge in [-0.25, -0.2) is 4.98 Å². The summed E-state index contributed by atoms with van der Waals surface area (Å²) in [6, 6.07) is 5.59. The van der Waals surface area contributed by atoms with Crippen LogP contribution in [0.15, 0.2) is 18.2 Å². The Hall–Kier alpha value is -1.33. The van der Waals surface area contributed by atoms with Gasteiger partial charge in [0.15, 0.2) is 5.13 Å². The number of anilines is 1. The highest BCUT2D eigenvalue weighted by molar-refractivity contribution is 7.22. The van der Waals surface area contributed by atoms with Gasteiger partial charge in [0, 0.05) is 13.0 Å². The fourth-order valence-electron chi connectivity index (χ4n) is 1.28. The van der Waals surface area contributed by atoms with Crippen LogP contribution >= 0.6 is 22.9 Å². The summed E-state index contributed by atoms with van der Waals surface area (Å²) in [5.74, 6) is -0.327. The number of nitrogens with two attached hydrogens (primary N) is 1. The van der Waals surface area contributed by atoms with Crippen molar-refractivity contribution >= 4 is 44.2 Å². The Balaban J connectivity index is 2.14. The van der Waals surface area contributed by atoms with Crippen LogP contribution in [0.4, 0.5) is 5.13 Å². The number of nitrogens with one attached hydrogen (secondary N) is 1. The van der Waals surface area contributed by atoms with Crippen LogP contribution in [0.1, 0.15) is 6.42 Å². The second-order valence-electron chi connectivity index (χ2n) is 3.25. The summed E-state index contributed by atoms with van der Waals surface area (Å²) in [5.41, 5.74) is 5.90. The van der Waals surface area contributed by atoms with E-state index in [9.17, 15) is 4.79 Å². The largest absolute Gasteiger partial charge is 0.370 e. The second kappa shape index (κ2) is 4.67. The van der Waals surface area contributed by atoms with E-state index in [0.717, 1.165) is 15.3 Å². The van der Waals surface area contributed by atoms with Gasteiger partial charge in [-0.3, -0.25) is 4.79 Å². The van der Waals surface area contributed by atoms with Crippen LogP contribution in [0, 0.1) is 0 Å². The number of carbonyl (C=O) groups excluding carboxylic acids is 1. The number of fused-ring (bicyclic) bond motifs is 1. The molecular formula is C10H10ClN3OS. The third-order valence-corrected chi connectivity index (χ3v) is 3.50. The Morgan fingerprint density at radius 1 is 1.56 bits per heavy atom. The molecule has 0 unspecified atom stereocenters. The molecule has 0 fully saturated rings. The van der Waals surface area contributed by atoms with Gasteiger partial charge < -0.3 is 11.1 Å². The molecular weight excluding hydrogens is 246 g/mol. The lowest BCUT2D eigenvalue weighted by molar-refractivity contribution is -0.117. The summed E-state index contributed by atoms with van der Waals surface area (Å²) in [7, 11) is 0. The molecule has 6 heteroatoms. The van der Waals surface area contributed by atoms with Crippen LogP contribution < -0.4 is 11.1 Å². The molecule has 1 aromatic heterocycles. The van der Waals surface area contributed by atoms with Crippen molar-refractivity contribution in [1.82, 2.24) is 4.98 Å². The Kier molecular flexibility index (Phi) is 3.26. The van der Waals surface area contributed by atoms with Gasteiger partial charge in [0.05, 0.1) is 15.2 Å². The standard InChI is InChI=1S/C10H10ClN3OS/c11-6-2-1-3-7-9(6)16-10(14-7)13-5-4-8(12)15/h1-3H,4-5H2,(H2,12,15)(H,13,14). The normalized spacial score (nSPS) is 10.6. The summed E-state index contributed by atoms with van der Waals surface area (Å²) in [4.78, 5) is 14.9. The van der Waals surface area contributed by atoms with Crippen LogP contribution in [-0.2, 0) is 4.79 Å². The minimum atomic E-state index is -0.327. The molecule has 2 aromatic rings. The molecule has 0 spiro atoms. The highest BCUT2D eigenvalue weighted by Gasteiger charge is 2.06. The first kappa shape index (κ1) is 11.2. The maximum absolute atomic E-state index is 10.6. The fraction of sp³-hybridized carbons (Fsp3) is 0.200. The molecule has 0 aliphatic heterocycles. The van der Waals surface area contributed by atoms with Crippen molar-refractivity contribution in [3.63, 3.8) is 0 Å². The number of hydrogen-bond donors (Lipinski definition) is 2. The SMILES string of the molecule is NC(=O)CCNc1nc2cccc(Cl)c2s1. The van der Waals surface area contributed by atoms with Gasteiger partial charge in [0.25, 0.3) is 0 Å². The molecule has 0 aliphatic carbocycles. The average molecular weight is 256 g/mol. The Morgan fingerprint density at radius 3 is 3.06 bits per heavy atom. The molecule has 1 heterocycles. The lowest BCUT2D eigenvalue weighted by Crippen LogP contribution is -2.15. The predicted octanol–water partition coefficient (Wildman–Crippen LogP) is 2.24. The number of benzene rings is 1. The summed E-state index contributed by atoms with van der Waals surface area (Å²) in [5, 5.41) is 4.49. The Bertz CT molecular complexity index is 526. The van der Waals surface area contributed by atoms with Crippen molar-refractivity contribution in [2.75, 3.05) is 11.9 Å². The first-order chi connectivity index (χ1) is 7.66. The van der Waals surface area contributed by atoms with E-state index >= 15 is 0 Å². The maximum atomic E-state index is 10.6. The summed E-state index contributed by atoms with van der Waals surface area (Å²) in [6.07, 6.45) is 0.295. The van der Waals surface area contributed by atoms with Crippen molar-refractivity contribution in [3.05, 3.63) is 23.2 Å². The number of halogens is 1. The second-order valence-corrected chi connectivity index (χ2v) is 4.66. The molecule has 3 N–H and O–H groups in total. The molecule has 84 valence electrons. The smallest absolute Gasteiger partial charge is 0.219 e. The minimum absolute atomic E-state index is 0.295. The van der Waals surface area contributed by atoms with Gasteiger partial charge in [0.1, 0.15) is 0 Å². The number of hydrogen-bond acceptors (Lipinski definition) is 4. The molecule has 16 heavy (non-hydrogen) atoms. The van der Waals surface area contributed by atoms with E-state index in [4.69, 9.17) is 17.3 Å². The van der Waals surface area contributed by atoms with Crippen LogP contribution in [-0.4, -0.2) is 17.4 Å². The number of rotatable bonds is 4. The van der Waals surface area contributed by atoms with Crippen molar-refractivity contribution in [2.45, 2.75) is 6.42 Å². The molecule has 0 saturated heterocycles. The number of nitrogens with zero attached hydrogens (tertiary/aromatic N) is 1. The molecule has 0 aliphatic rings. The molecule has 1 amide bonds. The van der Waals surface area contributed by atoms with Gasteiger partial charge in [0.2, 0.25) is 5.91 Å². The predicted molar refractivity (Wildman–Crippen MR) is 66.9 cm³/mol. The van der Waals surface area contributed by atoms with Crippen molar-refractivity contribution in [1.29, 1.82) is 0 Å². The van der Waals surface area contributed by atoms with E-state index in [-0.39, 0.29) is 5.91 Å². The summed E-state index contributed by atoms with van der Waals surface area (Å²) in [6.45, 7) is 0.493. The van der Waals surface area contributed by atoms with Gasteiger partial charge in [-0.2, -0.15) is 0 Å². The van der Waals surface area contributed by atoms with Gasteiger partial charge in [-0.1, -0.05) is 29.0 Å². The zero-order valence-corrected chi connectivity index (χ0v) is 9.94. The lowest BCUT2D eigenvalue weighted by atomic mass is 10.3. The highest BCUT2D eigenvalue weighted by Crippen LogP contribution is 2.31. The molecule has 0 radical (unpaired) electrons. The number of thiazole rings is 1. The molecule has 2 rings (SSSR count). The third kappa shape index (κ3) is 2.43. The monoisotopic (exact) mass is 255 g/mol.